The van der Waals surface area contributed by atoms with Crippen LogP contribution in [0.15, 0.2) is 11.6 Å². The number of ether oxygens (including phenoxy) is 1. The number of rotatable bonds is 10. The fourth-order valence-electron chi connectivity index (χ4n) is 2.75. The Kier molecular flexibility index (Phi) is 18.7. The van der Waals surface area contributed by atoms with Crippen LogP contribution in [0.2, 0.25) is 0 Å². The van der Waals surface area contributed by atoms with E-state index in [1.165, 1.54) is 11.1 Å². The molecule has 0 fully saturated rings. The number of hydrogen-bond acceptors (Lipinski definition) is 7. The van der Waals surface area contributed by atoms with Crippen molar-refractivity contribution < 1.29 is 4.74 Å². The Bertz CT molecular complexity index is 786. The van der Waals surface area contributed by atoms with E-state index in [9.17, 15) is 0 Å². The van der Waals surface area contributed by atoms with Crippen molar-refractivity contribution in [3.8, 4) is 0 Å². The summed E-state index contributed by atoms with van der Waals surface area (Å²) in [7, 11) is 4.20. The molecule has 0 amide bonds. The number of nitrogens with zero attached hydrogens (tertiary/aromatic N) is 2. The first-order chi connectivity index (χ1) is 14.9. The molecule has 4 nitrogen and oxygen atoms in total. The summed E-state index contributed by atoms with van der Waals surface area (Å²) in [5.41, 5.74) is 3.70. The van der Waals surface area contributed by atoms with Gasteiger partial charge < -0.3 is 19.9 Å². The molecule has 1 aromatic carbocycles. The zero-order valence-electron chi connectivity index (χ0n) is 21.8. The van der Waals surface area contributed by atoms with Gasteiger partial charge in [0, 0.05) is 29.9 Å². The molecule has 0 aliphatic heterocycles. The normalized spacial score (nSPS) is 12.8. The topological polar surface area (TPSA) is 27.7 Å². The molecule has 192 valence electrons. The summed E-state index contributed by atoms with van der Waals surface area (Å²) in [4.78, 5) is 5.58. The largest absolute Gasteiger partial charge is 0.381 e. The van der Waals surface area contributed by atoms with Gasteiger partial charge in [-0.15, -0.1) is 0 Å². The Labute approximate surface area is 220 Å². The first-order valence-electron chi connectivity index (χ1n) is 11.6. The molecule has 7 heteroatoms. The molecule has 0 saturated heterocycles. The van der Waals surface area contributed by atoms with Crippen molar-refractivity contribution in [2.24, 2.45) is 0 Å². The molecule has 33 heavy (non-hydrogen) atoms. The van der Waals surface area contributed by atoms with Crippen LogP contribution < -0.4 is 5.32 Å². The zero-order chi connectivity index (χ0) is 24.9. The highest BCUT2D eigenvalue weighted by Crippen LogP contribution is 2.36. The van der Waals surface area contributed by atoms with Gasteiger partial charge in [0.25, 0.3) is 0 Å². The Morgan fingerprint density at radius 2 is 1.45 bits per heavy atom. The highest BCUT2D eigenvalue weighted by atomic mass is 32.1. The standard InChI is InChI=1S/C15H26N2OS2.C5H13N.C5H6S.CH4/c1-6-17(5)8-10-18-9-7-16-12-11(15(2,3)4)13(19)14(12)20;1-4-6(3)5-2;1-4-2-5(6)3-4;/h16H,6-10H2,1-5H3;4-5H2,1-3H3;2H,3H2,1H3;1H4. The lowest BCUT2D eigenvalue weighted by Crippen LogP contribution is -2.24. The molecule has 0 unspecified atom stereocenters. The van der Waals surface area contributed by atoms with E-state index in [-0.39, 0.29) is 12.8 Å². The van der Waals surface area contributed by atoms with E-state index in [2.05, 4.69) is 77.7 Å². The molecule has 0 saturated carbocycles. The van der Waals surface area contributed by atoms with Crippen LogP contribution in [0.3, 0.4) is 0 Å². The fourth-order valence-corrected chi connectivity index (χ4v) is 3.96. The fraction of sp³-hybridized carbons (Fsp3) is 0.731. The van der Waals surface area contributed by atoms with Crippen molar-refractivity contribution in [2.45, 2.75) is 67.7 Å². The van der Waals surface area contributed by atoms with E-state index in [4.69, 9.17) is 41.4 Å². The zero-order valence-corrected chi connectivity index (χ0v) is 24.2. The molecule has 1 aliphatic carbocycles. The number of thiocarbonyl (C=S) groups is 1. The van der Waals surface area contributed by atoms with Gasteiger partial charge in [-0.25, -0.2) is 0 Å². The predicted molar refractivity (Wildman–Crippen MR) is 158 cm³/mol. The maximum absolute atomic E-state index is 5.61. The average molecular weight is 516 g/mol. The van der Waals surface area contributed by atoms with Crippen molar-refractivity contribution in [2.75, 3.05) is 65.3 Å². The van der Waals surface area contributed by atoms with Gasteiger partial charge in [-0.1, -0.05) is 91.2 Å². The van der Waals surface area contributed by atoms with Gasteiger partial charge >= 0.3 is 0 Å². The average Bonchev–Trinajstić information content (AvgIpc) is 2.72. The van der Waals surface area contributed by atoms with Crippen molar-refractivity contribution in [1.82, 2.24) is 9.80 Å². The Hall–Kier alpha value is -0.570. The van der Waals surface area contributed by atoms with E-state index in [1.807, 2.05) is 6.08 Å². The lowest BCUT2D eigenvalue weighted by atomic mass is 9.83. The summed E-state index contributed by atoms with van der Waals surface area (Å²) in [5, 5.41) is 3.37. The molecular formula is C26H49N3OS3. The van der Waals surface area contributed by atoms with Crippen molar-refractivity contribution >= 4 is 47.2 Å². The van der Waals surface area contributed by atoms with E-state index in [1.54, 1.807) is 0 Å². The predicted octanol–water partition coefficient (Wildman–Crippen LogP) is 7.00. The molecule has 0 radical (unpaired) electrons. The van der Waals surface area contributed by atoms with Crippen molar-refractivity contribution in [1.29, 1.82) is 0 Å². The van der Waals surface area contributed by atoms with Crippen LogP contribution in [0.1, 0.15) is 67.9 Å². The van der Waals surface area contributed by atoms with Crippen molar-refractivity contribution in [3.05, 3.63) is 26.2 Å². The van der Waals surface area contributed by atoms with E-state index < -0.39 is 0 Å². The van der Waals surface area contributed by atoms with Gasteiger partial charge in [0.15, 0.2) is 0 Å². The Morgan fingerprint density at radius 1 is 0.939 bits per heavy atom. The smallest absolute Gasteiger partial charge is 0.0796 e. The molecule has 0 heterocycles. The molecule has 0 aromatic heterocycles. The van der Waals surface area contributed by atoms with Crippen LogP contribution in [0.4, 0.5) is 5.69 Å². The van der Waals surface area contributed by atoms with Gasteiger partial charge in [0.05, 0.1) is 27.9 Å². The second-order valence-corrected chi connectivity index (χ2v) is 10.6. The van der Waals surface area contributed by atoms with Gasteiger partial charge in [-0.3, -0.25) is 0 Å². The molecule has 0 atom stereocenters. The minimum atomic E-state index is 0. The van der Waals surface area contributed by atoms with Crippen LogP contribution in [0.25, 0.3) is 0 Å². The summed E-state index contributed by atoms with van der Waals surface area (Å²) in [6.07, 6.45) is 3.10. The molecule has 2 rings (SSSR count). The maximum atomic E-state index is 5.61. The summed E-state index contributed by atoms with van der Waals surface area (Å²) in [5.74, 6) is 0. The number of hydrogen-bond donors (Lipinski definition) is 1. The minimum Gasteiger partial charge on any atom is -0.381 e. The van der Waals surface area contributed by atoms with Crippen LogP contribution in [-0.2, 0) is 10.2 Å². The Morgan fingerprint density at radius 3 is 1.79 bits per heavy atom. The van der Waals surface area contributed by atoms with Gasteiger partial charge in [-0.05, 0) is 52.1 Å². The first kappa shape index (κ1) is 34.6. The quantitative estimate of drug-likeness (QED) is 0.265. The lowest BCUT2D eigenvalue weighted by molar-refractivity contribution is 0.121. The van der Waals surface area contributed by atoms with Gasteiger partial charge in [0.1, 0.15) is 0 Å². The summed E-state index contributed by atoms with van der Waals surface area (Å²) in [6.45, 7) is 21.6. The molecule has 1 N–H and O–H groups in total. The number of nitrogens with one attached hydrogen (secondary N) is 1. The van der Waals surface area contributed by atoms with E-state index in [0.29, 0.717) is 6.61 Å². The molecule has 0 spiro atoms. The number of likely N-dealkylation sites (N-methyl/N-ethyl adjacent to an activating group) is 1. The van der Waals surface area contributed by atoms with E-state index >= 15 is 0 Å². The first-order valence-corrected chi connectivity index (χ1v) is 12.8. The molecule has 1 aromatic rings. The number of allylic oxidation sites excluding steroid dienone is 2. The lowest BCUT2D eigenvalue weighted by Gasteiger charge is -2.27. The van der Waals surface area contributed by atoms with Crippen LogP contribution >= 0.6 is 36.7 Å². The van der Waals surface area contributed by atoms with Crippen LogP contribution in [-0.4, -0.2) is 74.7 Å². The molecule has 1 aliphatic rings. The minimum absolute atomic E-state index is 0. The van der Waals surface area contributed by atoms with Gasteiger partial charge in [0.2, 0.25) is 0 Å². The molecule has 0 bridgehead atoms. The second kappa shape index (κ2) is 17.8. The second-order valence-electron chi connectivity index (χ2n) is 9.22. The van der Waals surface area contributed by atoms with Crippen molar-refractivity contribution in [3.63, 3.8) is 0 Å². The third-order valence-electron chi connectivity index (χ3n) is 5.31. The third kappa shape index (κ3) is 13.8. The Balaban J connectivity index is 0. The summed E-state index contributed by atoms with van der Waals surface area (Å²) in [6, 6.07) is 0. The van der Waals surface area contributed by atoms with E-state index in [0.717, 1.165) is 65.3 Å². The summed E-state index contributed by atoms with van der Waals surface area (Å²) >= 11 is 15.4. The highest BCUT2D eigenvalue weighted by Gasteiger charge is 2.25. The summed E-state index contributed by atoms with van der Waals surface area (Å²) < 4.78 is 7.25. The SMILES string of the molecule is C.CC1=CC(=S)C1.CCN(C)CC.CCN(C)CCOCCNc1c(C(C)(C)C)c(=S)c1=S. The monoisotopic (exact) mass is 515 g/mol. The highest BCUT2D eigenvalue weighted by molar-refractivity contribution is 7.80. The van der Waals surface area contributed by atoms with Crippen LogP contribution in [0.5, 0.6) is 0 Å². The third-order valence-corrected chi connectivity index (χ3v) is 6.51. The maximum Gasteiger partial charge on any atom is 0.0796 e. The molecular weight excluding hydrogens is 467 g/mol. The van der Waals surface area contributed by atoms with Crippen LogP contribution in [0, 0.1) is 9.02 Å². The van der Waals surface area contributed by atoms with Gasteiger partial charge in [-0.2, -0.15) is 0 Å². The number of anilines is 1.